The van der Waals surface area contributed by atoms with E-state index in [0.717, 1.165) is 12.8 Å². The molecule has 0 unspecified atom stereocenters. The van der Waals surface area contributed by atoms with E-state index in [1.807, 2.05) is 6.92 Å². The normalized spacial score (nSPS) is 17.9. The molecular weight excluding hydrogens is 250 g/mol. The number of ether oxygens (including phenoxy) is 2. The number of hydrogen-bond donors (Lipinski definition) is 2. The molecule has 110 valence electrons. The summed E-state index contributed by atoms with van der Waals surface area (Å²) in [4.78, 5) is 22.7. The first-order valence-corrected chi connectivity index (χ1v) is 6.76. The molecule has 1 aliphatic heterocycles. The van der Waals surface area contributed by atoms with Crippen LogP contribution in [0.1, 0.15) is 39.0 Å². The summed E-state index contributed by atoms with van der Waals surface area (Å²) in [7, 11) is 0. The highest BCUT2D eigenvalue weighted by molar-refractivity contribution is 5.79. The smallest absolute Gasteiger partial charge is 0.305 e. The molecule has 0 saturated carbocycles. The number of unbranched alkanes of at least 4 members (excludes halogenated alkanes) is 1. The molecule has 0 aliphatic carbocycles. The van der Waals surface area contributed by atoms with Crippen LogP contribution in [0.15, 0.2) is 0 Å². The highest BCUT2D eigenvalue weighted by atomic mass is 16.5. The number of carboxylic acids is 1. The van der Waals surface area contributed by atoms with Crippen molar-refractivity contribution in [3.63, 3.8) is 0 Å². The number of rotatable bonds is 8. The standard InChI is InChI=1S/C13H23NO5/c1-2-3-6-19-10-11(15)14-13(9-12(16)17)4-7-18-8-5-13/h2-10H2,1H3,(H,14,15)(H,16,17). The minimum absolute atomic E-state index is 0.0117. The minimum Gasteiger partial charge on any atom is -0.481 e. The third-order valence-electron chi connectivity index (χ3n) is 3.22. The molecule has 1 rings (SSSR count). The van der Waals surface area contributed by atoms with Gasteiger partial charge in [-0.25, -0.2) is 0 Å². The molecule has 2 N–H and O–H groups in total. The molecule has 0 aromatic rings. The van der Waals surface area contributed by atoms with Gasteiger partial charge in [0.1, 0.15) is 6.61 Å². The van der Waals surface area contributed by atoms with Gasteiger partial charge in [0.25, 0.3) is 0 Å². The fourth-order valence-corrected chi connectivity index (χ4v) is 2.14. The first-order chi connectivity index (χ1) is 9.08. The van der Waals surface area contributed by atoms with Crippen molar-refractivity contribution < 1.29 is 24.2 Å². The minimum atomic E-state index is -0.908. The second kappa shape index (κ2) is 8.12. The fourth-order valence-electron chi connectivity index (χ4n) is 2.14. The Morgan fingerprint density at radius 3 is 2.63 bits per heavy atom. The van der Waals surface area contributed by atoms with Gasteiger partial charge in [-0.15, -0.1) is 0 Å². The lowest BCUT2D eigenvalue weighted by Crippen LogP contribution is -2.54. The zero-order chi connectivity index (χ0) is 14.1. The van der Waals surface area contributed by atoms with Crippen LogP contribution >= 0.6 is 0 Å². The van der Waals surface area contributed by atoms with E-state index in [4.69, 9.17) is 14.6 Å². The Bertz CT molecular complexity index is 299. The lowest BCUT2D eigenvalue weighted by Gasteiger charge is -2.36. The van der Waals surface area contributed by atoms with E-state index in [2.05, 4.69) is 5.32 Å². The van der Waals surface area contributed by atoms with Crippen LogP contribution in [0.3, 0.4) is 0 Å². The van der Waals surface area contributed by atoms with Crippen LogP contribution in [0.25, 0.3) is 0 Å². The van der Waals surface area contributed by atoms with Crippen molar-refractivity contribution in [2.75, 3.05) is 26.4 Å². The Balaban J connectivity index is 2.43. The Morgan fingerprint density at radius 2 is 2.05 bits per heavy atom. The summed E-state index contributed by atoms with van der Waals surface area (Å²) in [5, 5.41) is 11.8. The molecule has 0 aromatic heterocycles. The summed E-state index contributed by atoms with van der Waals surface area (Å²) in [5.41, 5.74) is -0.685. The second-order valence-electron chi connectivity index (χ2n) is 4.92. The maximum atomic E-state index is 11.8. The van der Waals surface area contributed by atoms with Gasteiger partial charge in [-0.2, -0.15) is 0 Å². The number of carboxylic acid groups (broad SMARTS) is 1. The van der Waals surface area contributed by atoms with Crippen LogP contribution in [0.2, 0.25) is 0 Å². The van der Waals surface area contributed by atoms with Gasteiger partial charge in [-0.3, -0.25) is 9.59 Å². The predicted octanol–water partition coefficient (Wildman–Crippen LogP) is 0.943. The monoisotopic (exact) mass is 273 g/mol. The van der Waals surface area contributed by atoms with Crippen LogP contribution < -0.4 is 5.32 Å². The van der Waals surface area contributed by atoms with Crippen molar-refractivity contribution in [3.05, 3.63) is 0 Å². The number of carbonyl (C=O) groups excluding carboxylic acids is 1. The molecule has 1 saturated heterocycles. The molecule has 6 heteroatoms. The molecule has 1 aliphatic rings. The SMILES string of the molecule is CCCCOCC(=O)NC1(CC(=O)O)CCOCC1. The zero-order valence-corrected chi connectivity index (χ0v) is 11.4. The van der Waals surface area contributed by atoms with E-state index in [0.29, 0.717) is 32.7 Å². The maximum absolute atomic E-state index is 11.8. The zero-order valence-electron chi connectivity index (χ0n) is 11.4. The van der Waals surface area contributed by atoms with Gasteiger partial charge in [0.15, 0.2) is 0 Å². The molecule has 1 amide bonds. The van der Waals surface area contributed by atoms with E-state index >= 15 is 0 Å². The van der Waals surface area contributed by atoms with Crippen molar-refractivity contribution >= 4 is 11.9 Å². The predicted molar refractivity (Wildman–Crippen MR) is 68.9 cm³/mol. The number of nitrogens with one attached hydrogen (secondary N) is 1. The second-order valence-corrected chi connectivity index (χ2v) is 4.92. The van der Waals surface area contributed by atoms with Crippen molar-refractivity contribution in [1.82, 2.24) is 5.32 Å². The van der Waals surface area contributed by atoms with Crippen molar-refractivity contribution in [2.24, 2.45) is 0 Å². The Kier molecular flexibility index (Phi) is 6.80. The molecule has 19 heavy (non-hydrogen) atoms. The Morgan fingerprint density at radius 1 is 1.37 bits per heavy atom. The summed E-state index contributed by atoms with van der Waals surface area (Å²) in [5.74, 6) is -1.16. The number of hydrogen-bond acceptors (Lipinski definition) is 4. The van der Waals surface area contributed by atoms with Crippen LogP contribution in [0, 0.1) is 0 Å². The summed E-state index contributed by atoms with van der Waals surface area (Å²) in [6.45, 7) is 3.54. The molecule has 0 radical (unpaired) electrons. The average Bonchev–Trinajstić information content (AvgIpc) is 2.34. The molecule has 0 bridgehead atoms. The molecular formula is C13H23NO5. The van der Waals surface area contributed by atoms with Crippen molar-refractivity contribution in [3.8, 4) is 0 Å². The number of carbonyl (C=O) groups is 2. The Labute approximate surface area is 113 Å². The summed E-state index contributed by atoms with van der Waals surface area (Å²) in [6.07, 6.45) is 2.92. The van der Waals surface area contributed by atoms with Gasteiger partial charge in [-0.05, 0) is 19.3 Å². The van der Waals surface area contributed by atoms with Crippen LogP contribution in [0.5, 0.6) is 0 Å². The highest BCUT2D eigenvalue weighted by Crippen LogP contribution is 2.24. The molecule has 6 nitrogen and oxygen atoms in total. The summed E-state index contributed by atoms with van der Waals surface area (Å²) in [6, 6.07) is 0. The fraction of sp³-hybridized carbons (Fsp3) is 0.846. The van der Waals surface area contributed by atoms with Gasteiger partial charge in [-0.1, -0.05) is 13.3 Å². The third kappa shape index (κ3) is 6.02. The van der Waals surface area contributed by atoms with Gasteiger partial charge in [0.2, 0.25) is 5.91 Å². The molecule has 1 fully saturated rings. The van der Waals surface area contributed by atoms with Crippen LogP contribution in [-0.4, -0.2) is 48.9 Å². The summed E-state index contributed by atoms with van der Waals surface area (Å²) >= 11 is 0. The van der Waals surface area contributed by atoms with E-state index in [1.54, 1.807) is 0 Å². The van der Waals surface area contributed by atoms with Gasteiger partial charge < -0.3 is 19.9 Å². The van der Waals surface area contributed by atoms with E-state index in [9.17, 15) is 9.59 Å². The number of amides is 1. The molecule has 0 aromatic carbocycles. The average molecular weight is 273 g/mol. The lowest BCUT2D eigenvalue weighted by molar-refractivity contribution is -0.141. The van der Waals surface area contributed by atoms with Gasteiger partial charge >= 0.3 is 5.97 Å². The molecule has 1 heterocycles. The van der Waals surface area contributed by atoms with Crippen LogP contribution in [-0.2, 0) is 19.1 Å². The van der Waals surface area contributed by atoms with Crippen LogP contribution in [0.4, 0.5) is 0 Å². The Hall–Kier alpha value is -1.14. The molecule has 0 atom stereocenters. The lowest BCUT2D eigenvalue weighted by atomic mass is 9.86. The van der Waals surface area contributed by atoms with Crippen molar-refractivity contribution in [2.45, 2.75) is 44.6 Å². The van der Waals surface area contributed by atoms with E-state index in [-0.39, 0.29) is 18.9 Å². The molecule has 0 spiro atoms. The van der Waals surface area contributed by atoms with Gasteiger partial charge in [0, 0.05) is 19.8 Å². The third-order valence-corrected chi connectivity index (χ3v) is 3.22. The number of aliphatic carboxylic acids is 1. The first-order valence-electron chi connectivity index (χ1n) is 6.76. The largest absolute Gasteiger partial charge is 0.481 e. The quantitative estimate of drug-likeness (QED) is 0.643. The van der Waals surface area contributed by atoms with E-state index in [1.165, 1.54) is 0 Å². The maximum Gasteiger partial charge on any atom is 0.305 e. The van der Waals surface area contributed by atoms with E-state index < -0.39 is 11.5 Å². The summed E-state index contributed by atoms with van der Waals surface area (Å²) < 4.78 is 10.5. The topological polar surface area (TPSA) is 84.9 Å². The highest BCUT2D eigenvalue weighted by Gasteiger charge is 2.36. The first kappa shape index (κ1) is 15.9. The van der Waals surface area contributed by atoms with Gasteiger partial charge in [0.05, 0.1) is 12.0 Å². The van der Waals surface area contributed by atoms with Crippen molar-refractivity contribution in [1.29, 1.82) is 0 Å².